The van der Waals surface area contributed by atoms with Crippen LogP contribution in [0.4, 0.5) is 0 Å². The summed E-state index contributed by atoms with van der Waals surface area (Å²) in [5, 5.41) is 4.90. The van der Waals surface area contributed by atoms with E-state index in [0.29, 0.717) is 29.4 Å². The minimum absolute atomic E-state index is 0.0542. The highest BCUT2D eigenvalue weighted by molar-refractivity contribution is 6.32. The second kappa shape index (κ2) is 6.65. The quantitative estimate of drug-likeness (QED) is 0.925. The fraction of sp³-hybridized carbons (Fsp3) is 0.353. The van der Waals surface area contributed by atoms with E-state index in [2.05, 4.69) is 5.10 Å². The number of hydrogen-bond acceptors (Lipinski definition) is 3. The van der Waals surface area contributed by atoms with Gasteiger partial charge in [-0.25, -0.2) is 4.68 Å². The number of halogens is 1. The first-order chi connectivity index (χ1) is 11.5. The number of carbonyl (C=O) groups excluding carboxylic acids is 2. The Bertz CT molecular complexity index is 773. The van der Waals surface area contributed by atoms with E-state index in [1.807, 2.05) is 25.1 Å². The van der Waals surface area contributed by atoms with E-state index in [-0.39, 0.29) is 23.8 Å². The molecule has 0 spiro atoms. The summed E-state index contributed by atoms with van der Waals surface area (Å²) in [7, 11) is 0. The number of aromatic nitrogens is 2. The molecule has 0 bridgehead atoms. The lowest BCUT2D eigenvalue weighted by Gasteiger charge is -2.36. The van der Waals surface area contributed by atoms with Gasteiger partial charge >= 0.3 is 0 Å². The molecule has 24 heavy (non-hydrogen) atoms. The number of amides is 2. The summed E-state index contributed by atoms with van der Waals surface area (Å²) in [6.45, 7) is 2.31. The van der Waals surface area contributed by atoms with E-state index in [0.717, 1.165) is 6.42 Å². The number of nitrogens with two attached hydrogens (primary N) is 1. The number of primary amides is 1. The lowest BCUT2D eigenvalue weighted by atomic mass is 9.92. The molecule has 126 valence electrons. The van der Waals surface area contributed by atoms with Gasteiger partial charge in [-0.15, -0.1) is 0 Å². The summed E-state index contributed by atoms with van der Waals surface area (Å²) in [5.74, 6) is -0.851. The molecule has 1 saturated heterocycles. The van der Waals surface area contributed by atoms with Crippen molar-refractivity contribution < 1.29 is 9.59 Å². The number of hydrogen-bond donors (Lipinski definition) is 1. The zero-order valence-electron chi connectivity index (χ0n) is 13.4. The molecule has 2 aromatic rings. The summed E-state index contributed by atoms with van der Waals surface area (Å²) in [4.78, 5) is 25.9. The minimum atomic E-state index is -0.360. The first-order valence-electron chi connectivity index (χ1n) is 7.88. The van der Waals surface area contributed by atoms with Gasteiger partial charge in [-0.3, -0.25) is 9.59 Å². The van der Waals surface area contributed by atoms with Crippen LogP contribution in [-0.4, -0.2) is 39.1 Å². The molecule has 2 heterocycles. The summed E-state index contributed by atoms with van der Waals surface area (Å²) in [6, 6.07) is 9.00. The number of nitrogens with zero attached hydrogens (tertiary/aromatic N) is 3. The van der Waals surface area contributed by atoms with Crippen molar-refractivity contribution in [3.63, 3.8) is 0 Å². The van der Waals surface area contributed by atoms with Crippen molar-refractivity contribution in [2.75, 3.05) is 6.54 Å². The molecule has 3 rings (SSSR count). The monoisotopic (exact) mass is 346 g/mol. The predicted molar refractivity (Wildman–Crippen MR) is 91.0 cm³/mol. The first kappa shape index (κ1) is 16.5. The Hall–Kier alpha value is -2.34. The number of rotatable bonds is 3. The van der Waals surface area contributed by atoms with Crippen molar-refractivity contribution in [1.82, 2.24) is 14.7 Å². The number of carbonyl (C=O) groups is 2. The van der Waals surface area contributed by atoms with E-state index in [1.165, 1.54) is 0 Å². The molecule has 2 atom stereocenters. The van der Waals surface area contributed by atoms with E-state index in [9.17, 15) is 9.59 Å². The second-order valence-electron chi connectivity index (χ2n) is 6.08. The van der Waals surface area contributed by atoms with Crippen LogP contribution in [-0.2, 0) is 4.79 Å². The highest BCUT2D eigenvalue weighted by Gasteiger charge is 2.32. The normalized spacial score (nSPS) is 20.8. The molecule has 1 aliphatic rings. The molecular formula is C17H19ClN4O2. The Labute approximate surface area is 145 Å². The average Bonchev–Trinajstić information content (AvgIpc) is 3.04. The fourth-order valence-corrected chi connectivity index (χ4v) is 3.20. The van der Waals surface area contributed by atoms with Gasteiger partial charge in [-0.1, -0.05) is 23.7 Å². The maximum atomic E-state index is 12.8. The van der Waals surface area contributed by atoms with Gasteiger partial charge in [0.15, 0.2) is 5.69 Å². The van der Waals surface area contributed by atoms with Crippen molar-refractivity contribution in [2.45, 2.75) is 25.8 Å². The van der Waals surface area contributed by atoms with Crippen molar-refractivity contribution in [1.29, 1.82) is 0 Å². The Kier molecular flexibility index (Phi) is 4.57. The highest BCUT2D eigenvalue weighted by Crippen LogP contribution is 2.24. The molecular weight excluding hydrogens is 328 g/mol. The zero-order chi connectivity index (χ0) is 17.3. The molecule has 6 nitrogen and oxygen atoms in total. The summed E-state index contributed by atoms with van der Waals surface area (Å²) >= 11 is 6.17. The Morgan fingerprint density at radius 2 is 2.00 bits per heavy atom. The van der Waals surface area contributed by atoms with Crippen molar-refractivity contribution >= 4 is 23.4 Å². The lowest BCUT2D eigenvalue weighted by Crippen LogP contribution is -2.48. The number of likely N-dealkylation sites (tertiary alicyclic amines) is 1. The van der Waals surface area contributed by atoms with Crippen LogP contribution < -0.4 is 5.73 Å². The Balaban J connectivity index is 1.83. The number of piperidine rings is 1. The van der Waals surface area contributed by atoms with Crippen LogP contribution >= 0.6 is 11.6 Å². The molecule has 0 saturated carbocycles. The standard InChI is InChI=1S/C17H19ClN4O2/c1-11-6-7-12(16(19)23)10-21(11)17(24)14-8-9-22(20-14)15-5-3-2-4-13(15)18/h2-5,8-9,11-12H,6-7,10H2,1H3,(H2,19,23)/t11-,12-/m1/s1. The van der Waals surface area contributed by atoms with Gasteiger partial charge in [0.1, 0.15) is 0 Å². The van der Waals surface area contributed by atoms with Crippen LogP contribution in [0, 0.1) is 5.92 Å². The molecule has 2 N–H and O–H groups in total. The van der Waals surface area contributed by atoms with Crippen LogP contribution in [0.25, 0.3) is 5.69 Å². The summed E-state index contributed by atoms with van der Waals surface area (Å²) in [6.07, 6.45) is 3.17. The third kappa shape index (κ3) is 3.14. The van der Waals surface area contributed by atoms with Crippen molar-refractivity contribution in [3.05, 3.63) is 47.2 Å². The van der Waals surface area contributed by atoms with Gasteiger partial charge in [0.25, 0.3) is 5.91 Å². The van der Waals surface area contributed by atoms with E-state index in [4.69, 9.17) is 17.3 Å². The largest absolute Gasteiger partial charge is 0.369 e. The molecule has 1 aromatic carbocycles. The SMILES string of the molecule is C[C@@H]1CC[C@@H](C(N)=O)CN1C(=O)c1ccn(-c2ccccc2Cl)n1. The van der Waals surface area contributed by atoms with Gasteiger partial charge < -0.3 is 10.6 Å². The molecule has 2 amide bonds. The molecule has 0 radical (unpaired) electrons. The third-order valence-corrected chi connectivity index (χ3v) is 4.77. The average molecular weight is 347 g/mol. The minimum Gasteiger partial charge on any atom is -0.369 e. The lowest BCUT2D eigenvalue weighted by molar-refractivity contribution is -0.123. The smallest absolute Gasteiger partial charge is 0.274 e. The van der Waals surface area contributed by atoms with E-state index >= 15 is 0 Å². The number of benzene rings is 1. The van der Waals surface area contributed by atoms with Crippen molar-refractivity contribution in [2.24, 2.45) is 11.7 Å². The van der Waals surface area contributed by atoms with Gasteiger partial charge in [0.2, 0.25) is 5.91 Å². The van der Waals surface area contributed by atoms with Crippen LogP contribution in [0.15, 0.2) is 36.5 Å². The first-order valence-corrected chi connectivity index (χ1v) is 8.26. The molecule has 0 unspecified atom stereocenters. The van der Waals surface area contributed by atoms with Gasteiger partial charge in [0, 0.05) is 18.8 Å². The molecule has 1 aromatic heterocycles. The fourth-order valence-electron chi connectivity index (χ4n) is 2.98. The van der Waals surface area contributed by atoms with Gasteiger partial charge in [-0.05, 0) is 38.0 Å². The van der Waals surface area contributed by atoms with Crippen LogP contribution in [0.1, 0.15) is 30.3 Å². The number of para-hydroxylation sites is 1. The summed E-state index contributed by atoms with van der Waals surface area (Å²) in [5.41, 5.74) is 6.43. The van der Waals surface area contributed by atoms with E-state index < -0.39 is 0 Å². The molecule has 1 aliphatic heterocycles. The molecule has 7 heteroatoms. The second-order valence-corrected chi connectivity index (χ2v) is 6.49. The van der Waals surface area contributed by atoms with E-state index in [1.54, 1.807) is 27.9 Å². The summed E-state index contributed by atoms with van der Waals surface area (Å²) < 4.78 is 1.58. The predicted octanol–water partition coefficient (Wildman–Crippen LogP) is 2.25. The topological polar surface area (TPSA) is 81.2 Å². The maximum Gasteiger partial charge on any atom is 0.274 e. The maximum absolute atomic E-state index is 12.8. The van der Waals surface area contributed by atoms with Gasteiger partial charge in [-0.2, -0.15) is 5.10 Å². The molecule has 1 fully saturated rings. The van der Waals surface area contributed by atoms with Gasteiger partial charge in [0.05, 0.1) is 16.6 Å². The zero-order valence-corrected chi connectivity index (χ0v) is 14.1. The highest BCUT2D eigenvalue weighted by atomic mass is 35.5. The van der Waals surface area contributed by atoms with Crippen molar-refractivity contribution in [3.8, 4) is 5.69 Å². The Morgan fingerprint density at radius 1 is 1.25 bits per heavy atom. The van der Waals surface area contributed by atoms with Crippen LogP contribution in [0.5, 0.6) is 0 Å². The van der Waals surface area contributed by atoms with Crippen LogP contribution in [0.3, 0.4) is 0 Å². The Morgan fingerprint density at radius 3 is 2.71 bits per heavy atom. The molecule has 0 aliphatic carbocycles. The van der Waals surface area contributed by atoms with Crippen LogP contribution in [0.2, 0.25) is 5.02 Å². The third-order valence-electron chi connectivity index (χ3n) is 4.45.